The van der Waals surface area contributed by atoms with E-state index in [4.69, 9.17) is 10.5 Å². The molecule has 0 aliphatic heterocycles. The van der Waals surface area contributed by atoms with Crippen molar-refractivity contribution in [1.82, 2.24) is 19.6 Å². The Balaban J connectivity index is 1.66. The van der Waals surface area contributed by atoms with Crippen LogP contribution in [0.25, 0.3) is 16.8 Å². The number of aromatic nitrogens is 4. The van der Waals surface area contributed by atoms with Crippen molar-refractivity contribution in [1.29, 1.82) is 0 Å². The van der Waals surface area contributed by atoms with Gasteiger partial charge in [0.2, 0.25) is 5.95 Å². The van der Waals surface area contributed by atoms with Gasteiger partial charge in [-0.25, -0.2) is 12.9 Å². The van der Waals surface area contributed by atoms with Gasteiger partial charge >= 0.3 is 0 Å². The Hall–Kier alpha value is -3.66. The van der Waals surface area contributed by atoms with Gasteiger partial charge in [-0.1, -0.05) is 0 Å². The highest BCUT2D eigenvalue weighted by Crippen LogP contribution is 2.24. The van der Waals surface area contributed by atoms with Crippen molar-refractivity contribution >= 4 is 27.3 Å². The number of pyridine rings is 2. The average molecular weight is 396 g/mol. The first-order valence-corrected chi connectivity index (χ1v) is 9.67. The first-order valence-electron chi connectivity index (χ1n) is 8.19. The van der Waals surface area contributed by atoms with E-state index < -0.39 is 10.0 Å². The number of ether oxygens (including phenoxy) is 1. The molecule has 0 spiro atoms. The second kappa shape index (κ2) is 6.82. The van der Waals surface area contributed by atoms with E-state index in [0.717, 1.165) is 5.56 Å². The highest BCUT2D eigenvalue weighted by atomic mass is 32.2. The van der Waals surface area contributed by atoms with Crippen molar-refractivity contribution in [3.63, 3.8) is 0 Å². The molecule has 10 heteroatoms. The lowest BCUT2D eigenvalue weighted by molar-refractivity contribution is 0.415. The Morgan fingerprint density at radius 1 is 1.07 bits per heavy atom. The van der Waals surface area contributed by atoms with E-state index in [1.54, 1.807) is 62.0 Å². The van der Waals surface area contributed by atoms with E-state index in [0.29, 0.717) is 22.6 Å². The molecule has 142 valence electrons. The van der Waals surface area contributed by atoms with Gasteiger partial charge in [-0.3, -0.25) is 9.71 Å². The second-order valence-electron chi connectivity index (χ2n) is 5.93. The van der Waals surface area contributed by atoms with Gasteiger partial charge in [0.15, 0.2) is 5.65 Å². The van der Waals surface area contributed by atoms with Crippen LogP contribution in [0, 0.1) is 0 Å². The number of benzene rings is 1. The standard InChI is InChI=1S/C18H16N6O3S/c1-27-15-5-3-14(4-6-15)23-28(25,26)16-8-13(9-20-10-16)12-2-7-17-21-18(19)22-24(17)11-12/h2-11,23H,1H3,(H2,19,22). The highest BCUT2D eigenvalue weighted by molar-refractivity contribution is 7.92. The molecule has 1 aromatic carbocycles. The van der Waals surface area contributed by atoms with Crippen LogP contribution in [-0.2, 0) is 10.0 Å². The number of anilines is 2. The number of rotatable bonds is 5. The molecule has 3 heterocycles. The molecule has 3 aromatic heterocycles. The topological polar surface area (TPSA) is 124 Å². The van der Waals surface area contributed by atoms with Crippen LogP contribution in [-0.4, -0.2) is 35.1 Å². The molecule has 0 saturated heterocycles. The summed E-state index contributed by atoms with van der Waals surface area (Å²) in [6.07, 6.45) is 4.58. The summed E-state index contributed by atoms with van der Waals surface area (Å²) in [6, 6.07) is 11.7. The predicted octanol–water partition coefficient (Wildman–Crippen LogP) is 2.18. The summed E-state index contributed by atoms with van der Waals surface area (Å²) in [5.41, 5.74) is 7.97. The zero-order valence-electron chi connectivity index (χ0n) is 14.8. The molecule has 4 rings (SSSR count). The minimum Gasteiger partial charge on any atom is -0.497 e. The maximum absolute atomic E-state index is 12.7. The van der Waals surface area contributed by atoms with Crippen LogP contribution < -0.4 is 15.2 Å². The van der Waals surface area contributed by atoms with Gasteiger partial charge in [-0.05, 0) is 42.5 Å². The number of methoxy groups -OCH3 is 1. The number of sulfonamides is 1. The lowest BCUT2D eigenvalue weighted by Crippen LogP contribution is -2.13. The average Bonchev–Trinajstić information content (AvgIpc) is 3.07. The lowest BCUT2D eigenvalue weighted by Gasteiger charge is -2.10. The van der Waals surface area contributed by atoms with Crippen LogP contribution in [0.1, 0.15) is 0 Å². The van der Waals surface area contributed by atoms with Crippen molar-refractivity contribution in [2.45, 2.75) is 4.90 Å². The third-order valence-corrected chi connectivity index (χ3v) is 5.39. The first kappa shape index (κ1) is 17.7. The minimum absolute atomic E-state index is 0.0408. The molecule has 4 aromatic rings. The van der Waals surface area contributed by atoms with Crippen LogP contribution in [0.3, 0.4) is 0 Å². The lowest BCUT2D eigenvalue weighted by atomic mass is 10.1. The first-order chi connectivity index (χ1) is 13.4. The molecule has 0 amide bonds. The van der Waals surface area contributed by atoms with E-state index in [2.05, 4.69) is 19.8 Å². The fourth-order valence-electron chi connectivity index (χ4n) is 2.67. The summed E-state index contributed by atoms with van der Waals surface area (Å²) in [5, 5.41) is 4.06. The SMILES string of the molecule is COc1ccc(NS(=O)(=O)c2cncc(-c3ccc4nc(N)nn4c3)c2)cc1. The Morgan fingerprint density at radius 3 is 2.61 bits per heavy atom. The van der Waals surface area contributed by atoms with E-state index >= 15 is 0 Å². The number of hydrogen-bond donors (Lipinski definition) is 2. The molecule has 28 heavy (non-hydrogen) atoms. The Bertz CT molecular complexity index is 1250. The predicted molar refractivity (Wildman–Crippen MR) is 104 cm³/mol. The van der Waals surface area contributed by atoms with Crippen molar-refractivity contribution in [3.05, 3.63) is 61.1 Å². The number of hydrogen-bond acceptors (Lipinski definition) is 7. The van der Waals surface area contributed by atoms with Gasteiger partial charge in [0.25, 0.3) is 10.0 Å². The number of nitrogens with two attached hydrogens (primary N) is 1. The zero-order valence-corrected chi connectivity index (χ0v) is 15.6. The molecule has 0 aliphatic carbocycles. The zero-order chi connectivity index (χ0) is 19.7. The summed E-state index contributed by atoms with van der Waals surface area (Å²) < 4.78 is 34.6. The molecular formula is C18H16N6O3S. The summed E-state index contributed by atoms with van der Waals surface area (Å²) in [7, 11) is -2.27. The third kappa shape index (κ3) is 3.45. The van der Waals surface area contributed by atoms with Gasteiger partial charge < -0.3 is 10.5 Å². The maximum Gasteiger partial charge on any atom is 0.263 e. The van der Waals surface area contributed by atoms with E-state index in [-0.39, 0.29) is 10.8 Å². The van der Waals surface area contributed by atoms with Crippen molar-refractivity contribution in [3.8, 4) is 16.9 Å². The number of nitrogen functional groups attached to an aromatic ring is 1. The summed E-state index contributed by atoms with van der Waals surface area (Å²) >= 11 is 0. The molecule has 0 unspecified atom stereocenters. The van der Waals surface area contributed by atoms with Crippen LogP contribution >= 0.6 is 0 Å². The van der Waals surface area contributed by atoms with Gasteiger partial charge in [0, 0.05) is 35.4 Å². The Labute approximate surface area is 160 Å². The summed E-state index contributed by atoms with van der Waals surface area (Å²) in [6.45, 7) is 0. The van der Waals surface area contributed by atoms with Gasteiger partial charge in [-0.15, -0.1) is 5.10 Å². The Morgan fingerprint density at radius 2 is 1.86 bits per heavy atom. The van der Waals surface area contributed by atoms with E-state index in [1.165, 1.54) is 10.7 Å². The highest BCUT2D eigenvalue weighted by Gasteiger charge is 2.16. The van der Waals surface area contributed by atoms with Crippen LogP contribution in [0.2, 0.25) is 0 Å². The Kier molecular flexibility index (Phi) is 4.32. The normalized spacial score (nSPS) is 11.5. The van der Waals surface area contributed by atoms with E-state index in [1.807, 2.05) is 0 Å². The summed E-state index contributed by atoms with van der Waals surface area (Å²) in [4.78, 5) is 8.18. The molecule has 0 aliphatic rings. The third-order valence-electron chi connectivity index (χ3n) is 4.05. The van der Waals surface area contributed by atoms with Gasteiger partial charge in [-0.2, -0.15) is 4.98 Å². The van der Waals surface area contributed by atoms with Crippen molar-refractivity contribution in [2.24, 2.45) is 0 Å². The minimum atomic E-state index is -3.81. The smallest absolute Gasteiger partial charge is 0.263 e. The number of nitrogens with one attached hydrogen (secondary N) is 1. The number of nitrogens with zero attached hydrogens (tertiary/aromatic N) is 4. The molecule has 3 N–H and O–H groups in total. The molecule has 0 fully saturated rings. The fraction of sp³-hybridized carbons (Fsp3) is 0.0556. The van der Waals surface area contributed by atoms with Crippen LogP contribution in [0.15, 0.2) is 66.0 Å². The van der Waals surface area contributed by atoms with Crippen molar-refractivity contribution < 1.29 is 13.2 Å². The molecular weight excluding hydrogens is 380 g/mol. The quantitative estimate of drug-likeness (QED) is 0.530. The molecule has 0 radical (unpaired) electrons. The van der Waals surface area contributed by atoms with Gasteiger partial charge in [0.1, 0.15) is 10.6 Å². The van der Waals surface area contributed by atoms with Crippen molar-refractivity contribution in [2.75, 3.05) is 17.6 Å². The van der Waals surface area contributed by atoms with Crippen LogP contribution in [0.4, 0.5) is 11.6 Å². The molecule has 0 saturated carbocycles. The van der Waals surface area contributed by atoms with Crippen LogP contribution in [0.5, 0.6) is 5.75 Å². The fourth-order valence-corrected chi connectivity index (χ4v) is 3.71. The monoisotopic (exact) mass is 396 g/mol. The number of fused-ring (bicyclic) bond motifs is 1. The van der Waals surface area contributed by atoms with E-state index in [9.17, 15) is 8.42 Å². The van der Waals surface area contributed by atoms with Gasteiger partial charge in [0.05, 0.1) is 7.11 Å². The molecule has 0 atom stereocenters. The largest absolute Gasteiger partial charge is 0.497 e. The second-order valence-corrected chi connectivity index (χ2v) is 7.62. The summed E-state index contributed by atoms with van der Waals surface area (Å²) in [5.74, 6) is 0.797. The molecule has 0 bridgehead atoms. The maximum atomic E-state index is 12.7. The molecule has 9 nitrogen and oxygen atoms in total.